The number of amides is 2. The highest BCUT2D eigenvalue weighted by Gasteiger charge is 2.56. The largest absolute Gasteiger partial charge is 0.383 e. The molecule has 120 valence electrons. The number of rotatable bonds is 6. The monoisotopic (exact) mass is 296 g/mol. The summed E-state index contributed by atoms with van der Waals surface area (Å²) in [6.45, 7) is 8.45. The van der Waals surface area contributed by atoms with E-state index in [0.717, 1.165) is 12.8 Å². The van der Waals surface area contributed by atoms with Crippen LogP contribution in [0, 0.1) is 11.8 Å². The second kappa shape index (κ2) is 5.95. The van der Waals surface area contributed by atoms with Crippen LogP contribution in [0.3, 0.4) is 0 Å². The molecule has 1 aliphatic heterocycles. The van der Waals surface area contributed by atoms with Crippen LogP contribution in [0.4, 0.5) is 0 Å². The highest BCUT2D eigenvalue weighted by molar-refractivity contribution is 6.00. The van der Waals surface area contributed by atoms with Crippen molar-refractivity contribution in [1.29, 1.82) is 0 Å². The van der Waals surface area contributed by atoms with E-state index in [2.05, 4.69) is 19.2 Å². The zero-order chi connectivity index (χ0) is 15.8. The van der Waals surface area contributed by atoms with Crippen LogP contribution in [0.15, 0.2) is 0 Å². The second-order valence-corrected chi connectivity index (χ2v) is 6.87. The summed E-state index contributed by atoms with van der Waals surface area (Å²) in [5, 5.41) is 3.00. The molecule has 0 aromatic heterocycles. The van der Waals surface area contributed by atoms with Crippen LogP contribution in [0.2, 0.25) is 0 Å². The predicted octanol–water partition coefficient (Wildman–Crippen LogP) is 1.56. The number of hydrogen-bond donors (Lipinski definition) is 1. The fourth-order valence-electron chi connectivity index (χ4n) is 3.39. The van der Waals surface area contributed by atoms with Gasteiger partial charge in [-0.1, -0.05) is 20.8 Å². The molecule has 5 heteroatoms. The van der Waals surface area contributed by atoms with Gasteiger partial charge < -0.3 is 15.0 Å². The van der Waals surface area contributed by atoms with E-state index in [1.165, 1.54) is 0 Å². The summed E-state index contributed by atoms with van der Waals surface area (Å²) in [4.78, 5) is 27.4. The Labute approximate surface area is 127 Å². The van der Waals surface area contributed by atoms with Gasteiger partial charge in [-0.25, -0.2) is 0 Å². The van der Waals surface area contributed by atoms with Gasteiger partial charge in [-0.05, 0) is 38.0 Å². The second-order valence-electron chi connectivity index (χ2n) is 6.87. The zero-order valence-electron chi connectivity index (χ0n) is 13.8. The molecule has 3 atom stereocenters. The van der Waals surface area contributed by atoms with Crippen molar-refractivity contribution in [1.82, 2.24) is 10.2 Å². The van der Waals surface area contributed by atoms with Crippen molar-refractivity contribution >= 4 is 11.8 Å². The molecule has 1 saturated heterocycles. The fraction of sp³-hybridized carbons (Fsp3) is 0.875. The summed E-state index contributed by atoms with van der Waals surface area (Å²) in [5.41, 5.74) is -0.733. The summed E-state index contributed by atoms with van der Waals surface area (Å²) >= 11 is 0. The Hall–Kier alpha value is -1.10. The van der Waals surface area contributed by atoms with Crippen LogP contribution in [0.25, 0.3) is 0 Å². The maximum absolute atomic E-state index is 13.1. The number of nitrogens with zero attached hydrogens (tertiary/aromatic N) is 1. The van der Waals surface area contributed by atoms with Crippen molar-refractivity contribution in [2.45, 2.75) is 64.6 Å². The van der Waals surface area contributed by atoms with Crippen molar-refractivity contribution in [2.75, 3.05) is 13.7 Å². The predicted molar refractivity (Wildman–Crippen MR) is 80.7 cm³/mol. The van der Waals surface area contributed by atoms with Gasteiger partial charge in [0.25, 0.3) is 0 Å². The first-order valence-electron chi connectivity index (χ1n) is 8.00. The Kier molecular flexibility index (Phi) is 4.61. The van der Waals surface area contributed by atoms with E-state index in [1.54, 1.807) is 7.11 Å². The average molecular weight is 296 g/mol. The topological polar surface area (TPSA) is 58.6 Å². The van der Waals surface area contributed by atoms with Crippen LogP contribution in [0.1, 0.15) is 47.0 Å². The van der Waals surface area contributed by atoms with Gasteiger partial charge in [0.05, 0.1) is 12.6 Å². The first kappa shape index (κ1) is 16.3. The third-order valence-corrected chi connectivity index (χ3v) is 4.94. The van der Waals surface area contributed by atoms with E-state index >= 15 is 0 Å². The first-order chi connectivity index (χ1) is 9.86. The Morgan fingerprint density at radius 2 is 2.00 bits per heavy atom. The van der Waals surface area contributed by atoms with Crippen molar-refractivity contribution in [3.63, 3.8) is 0 Å². The van der Waals surface area contributed by atoms with Gasteiger partial charge >= 0.3 is 0 Å². The molecule has 1 aliphatic carbocycles. The molecule has 3 unspecified atom stereocenters. The van der Waals surface area contributed by atoms with Crippen molar-refractivity contribution in [3.8, 4) is 0 Å². The van der Waals surface area contributed by atoms with Crippen molar-refractivity contribution in [3.05, 3.63) is 0 Å². The standard InChI is InChI=1S/C16H28N2O3/c1-6-12-14(19)17-16(4,11-7-8-11)15(20)18(12)13(9-21-5)10(2)3/h10-13H,6-9H2,1-5H3,(H,17,19). The number of hydrogen-bond acceptors (Lipinski definition) is 3. The Balaban J connectivity index is 2.36. The van der Waals surface area contributed by atoms with E-state index in [4.69, 9.17) is 4.74 Å². The molecule has 2 amide bonds. The molecule has 0 bridgehead atoms. The van der Waals surface area contributed by atoms with Crippen LogP contribution in [0.5, 0.6) is 0 Å². The SMILES string of the molecule is CCC1C(=O)NC(C)(C2CC2)C(=O)N1C(COC)C(C)C. The molecule has 21 heavy (non-hydrogen) atoms. The fourth-order valence-corrected chi connectivity index (χ4v) is 3.39. The minimum absolute atomic E-state index is 0.0201. The minimum Gasteiger partial charge on any atom is -0.383 e. The molecule has 1 saturated carbocycles. The number of nitrogens with one attached hydrogen (secondary N) is 1. The van der Waals surface area contributed by atoms with E-state index in [9.17, 15) is 9.59 Å². The molecule has 0 aromatic rings. The van der Waals surface area contributed by atoms with Gasteiger partial charge in [-0.3, -0.25) is 9.59 Å². The maximum atomic E-state index is 13.1. The van der Waals surface area contributed by atoms with Gasteiger partial charge in [0.1, 0.15) is 11.6 Å². The molecule has 5 nitrogen and oxygen atoms in total. The summed E-state index contributed by atoms with van der Waals surface area (Å²) in [6.07, 6.45) is 2.67. The van der Waals surface area contributed by atoms with Gasteiger partial charge in [-0.15, -0.1) is 0 Å². The number of carbonyl (C=O) groups is 2. The molecule has 0 spiro atoms. The number of ether oxygens (including phenoxy) is 1. The number of piperazine rings is 1. The lowest BCUT2D eigenvalue weighted by Gasteiger charge is -2.48. The third kappa shape index (κ3) is 2.80. The molecule has 2 fully saturated rings. The van der Waals surface area contributed by atoms with E-state index in [0.29, 0.717) is 13.0 Å². The van der Waals surface area contributed by atoms with E-state index < -0.39 is 5.54 Å². The van der Waals surface area contributed by atoms with Crippen molar-refractivity contribution in [2.24, 2.45) is 11.8 Å². The minimum atomic E-state index is -0.733. The zero-order valence-corrected chi connectivity index (χ0v) is 13.8. The Morgan fingerprint density at radius 1 is 1.38 bits per heavy atom. The summed E-state index contributed by atoms with van der Waals surface area (Å²) in [6, 6.07) is -0.441. The molecule has 0 radical (unpaired) electrons. The van der Waals surface area contributed by atoms with Gasteiger partial charge in [0, 0.05) is 7.11 Å². The summed E-state index contributed by atoms with van der Waals surface area (Å²) in [7, 11) is 1.64. The van der Waals surface area contributed by atoms with E-state index in [1.807, 2.05) is 18.7 Å². The summed E-state index contributed by atoms with van der Waals surface area (Å²) in [5.74, 6) is 0.572. The lowest BCUT2D eigenvalue weighted by molar-refractivity contribution is -0.161. The third-order valence-electron chi connectivity index (χ3n) is 4.94. The molecule has 2 aliphatic rings. The van der Waals surface area contributed by atoms with Gasteiger partial charge in [0.2, 0.25) is 11.8 Å². The lowest BCUT2D eigenvalue weighted by atomic mass is 9.86. The van der Waals surface area contributed by atoms with Crippen LogP contribution >= 0.6 is 0 Å². The number of methoxy groups -OCH3 is 1. The molecular weight excluding hydrogens is 268 g/mol. The first-order valence-corrected chi connectivity index (χ1v) is 8.00. The quantitative estimate of drug-likeness (QED) is 0.809. The Morgan fingerprint density at radius 3 is 2.43 bits per heavy atom. The molecule has 1 N–H and O–H groups in total. The average Bonchev–Trinajstić information content (AvgIpc) is 3.24. The normalized spacial score (nSPS) is 31.5. The molecular formula is C16H28N2O3. The highest BCUT2D eigenvalue weighted by Crippen LogP contribution is 2.43. The van der Waals surface area contributed by atoms with Crippen molar-refractivity contribution < 1.29 is 14.3 Å². The molecule has 2 rings (SSSR count). The Bertz CT molecular complexity index is 420. The van der Waals surface area contributed by atoms with Crippen LogP contribution < -0.4 is 5.32 Å². The highest BCUT2D eigenvalue weighted by atomic mass is 16.5. The van der Waals surface area contributed by atoms with Gasteiger partial charge in [0.15, 0.2) is 0 Å². The molecule has 0 aromatic carbocycles. The number of carbonyl (C=O) groups excluding carboxylic acids is 2. The maximum Gasteiger partial charge on any atom is 0.249 e. The van der Waals surface area contributed by atoms with E-state index in [-0.39, 0.29) is 35.7 Å². The smallest absolute Gasteiger partial charge is 0.249 e. The van der Waals surface area contributed by atoms with Gasteiger partial charge in [-0.2, -0.15) is 0 Å². The van der Waals surface area contributed by atoms with Crippen LogP contribution in [-0.4, -0.2) is 48.1 Å². The summed E-state index contributed by atoms with van der Waals surface area (Å²) < 4.78 is 5.31. The molecule has 1 heterocycles. The van der Waals surface area contributed by atoms with Crippen LogP contribution in [-0.2, 0) is 14.3 Å². The lowest BCUT2D eigenvalue weighted by Crippen LogP contribution is -2.72.